The van der Waals surface area contributed by atoms with Crippen LogP contribution in [-0.4, -0.2) is 37.0 Å². The molecule has 3 amide bonds. The number of hydrogen-bond donors (Lipinski definition) is 2. The summed E-state index contributed by atoms with van der Waals surface area (Å²) in [7, 11) is 0. The minimum atomic E-state index is -4.58. The van der Waals surface area contributed by atoms with Crippen molar-refractivity contribution >= 4 is 29.1 Å². The first-order valence-electron chi connectivity index (χ1n) is 8.95. The lowest BCUT2D eigenvalue weighted by atomic mass is 10.1. The van der Waals surface area contributed by atoms with E-state index in [4.69, 9.17) is 0 Å². The number of anilines is 2. The minimum Gasteiger partial charge on any atom is -0.343 e. The first kappa shape index (κ1) is 21.3. The van der Waals surface area contributed by atoms with Gasteiger partial charge in [-0.05, 0) is 24.3 Å². The second-order valence-electron chi connectivity index (χ2n) is 6.69. The molecule has 0 aliphatic carbocycles. The van der Waals surface area contributed by atoms with Crippen molar-refractivity contribution in [2.45, 2.75) is 12.6 Å². The van der Waals surface area contributed by atoms with Gasteiger partial charge >= 0.3 is 6.18 Å². The molecule has 0 aromatic heterocycles. The van der Waals surface area contributed by atoms with Gasteiger partial charge in [-0.15, -0.1) is 0 Å². The molecule has 1 aliphatic rings. The summed E-state index contributed by atoms with van der Waals surface area (Å²) in [5.74, 6) is -3.45. The molecule has 1 aliphatic heterocycles. The van der Waals surface area contributed by atoms with Gasteiger partial charge in [-0.25, -0.2) is 4.39 Å². The van der Waals surface area contributed by atoms with E-state index in [1.54, 1.807) is 11.4 Å². The molecule has 158 valence electrons. The summed E-state index contributed by atoms with van der Waals surface area (Å²) in [6, 6.07) is 11.2. The lowest BCUT2D eigenvalue weighted by Gasteiger charge is -2.18. The van der Waals surface area contributed by atoms with Crippen molar-refractivity contribution in [3.63, 3.8) is 0 Å². The van der Waals surface area contributed by atoms with E-state index in [0.29, 0.717) is 0 Å². The number of halogens is 4. The number of carbonyl (C=O) groups excluding carboxylic acids is 3. The average Bonchev–Trinajstić information content (AvgIpc) is 3.08. The second-order valence-corrected chi connectivity index (χ2v) is 6.69. The molecule has 6 nitrogen and oxygen atoms in total. The molecule has 3 rings (SSSR count). The van der Waals surface area contributed by atoms with Crippen LogP contribution in [0.3, 0.4) is 0 Å². The molecule has 1 heterocycles. The molecular weight excluding hydrogens is 406 g/mol. The van der Waals surface area contributed by atoms with Gasteiger partial charge in [-0.1, -0.05) is 24.3 Å². The van der Waals surface area contributed by atoms with E-state index in [-0.39, 0.29) is 29.9 Å². The summed E-state index contributed by atoms with van der Waals surface area (Å²) < 4.78 is 51.0. The van der Waals surface area contributed by atoms with Crippen LogP contribution in [0.15, 0.2) is 48.5 Å². The number of nitrogens with zero attached hydrogens (tertiary/aromatic N) is 1. The third-order valence-electron chi connectivity index (χ3n) is 4.52. The number of benzene rings is 2. The van der Waals surface area contributed by atoms with E-state index < -0.39 is 42.2 Å². The highest BCUT2D eigenvalue weighted by atomic mass is 19.4. The van der Waals surface area contributed by atoms with Crippen LogP contribution in [0.1, 0.15) is 16.8 Å². The lowest BCUT2D eigenvalue weighted by Crippen LogP contribution is -2.34. The van der Waals surface area contributed by atoms with E-state index >= 15 is 0 Å². The predicted octanol–water partition coefficient (Wildman–Crippen LogP) is 3.11. The lowest BCUT2D eigenvalue weighted by molar-refractivity contribution is -0.123. The predicted molar refractivity (Wildman–Crippen MR) is 100 cm³/mol. The molecule has 2 aromatic rings. The van der Waals surface area contributed by atoms with Gasteiger partial charge in [-0.3, -0.25) is 14.4 Å². The molecule has 1 fully saturated rings. The number of carbonyl (C=O) groups is 3. The third-order valence-corrected chi connectivity index (χ3v) is 4.52. The molecule has 2 aromatic carbocycles. The maximum absolute atomic E-state index is 14.0. The van der Waals surface area contributed by atoms with Crippen molar-refractivity contribution < 1.29 is 31.9 Å². The van der Waals surface area contributed by atoms with E-state index in [1.165, 1.54) is 47.4 Å². The van der Waals surface area contributed by atoms with Crippen LogP contribution in [0.5, 0.6) is 0 Å². The fraction of sp³-hybridized carbons (Fsp3) is 0.250. The Hall–Kier alpha value is -3.43. The third kappa shape index (κ3) is 4.94. The van der Waals surface area contributed by atoms with Crippen molar-refractivity contribution in [2.24, 2.45) is 5.92 Å². The van der Waals surface area contributed by atoms with Gasteiger partial charge in [0.1, 0.15) is 12.4 Å². The van der Waals surface area contributed by atoms with E-state index in [9.17, 15) is 31.9 Å². The molecule has 0 saturated carbocycles. The van der Waals surface area contributed by atoms with Gasteiger partial charge in [0, 0.05) is 13.0 Å². The number of para-hydroxylation sites is 2. The Bertz CT molecular complexity index is 978. The molecule has 0 bridgehead atoms. The Balaban J connectivity index is 1.70. The fourth-order valence-electron chi connectivity index (χ4n) is 3.09. The Morgan fingerprint density at radius 3 is 2.43 bits per heavy atom. The standard InChI is InChI=1S/C20H17F4N3O3/c21-14-6-2-4-8-16(14)27-10-12(9-17(27)28)18(29)26-15-7-3-1-5-13(15)19(30)25-11-20(22,23)24/h1-8,12H,9-11H2,(H,25,30)(H,26,29). The number of alkyl halides is 3. The topological polar surface area (TPSA) is 78.5 Å². The van der Waals surface area contributed by atoms with E-state index in [1.807, 2.05) is 0 Å². The van der Waals surface area contributed by atoms with Crippen LogP contribution in [0, 0.1) is 11.7 Å². The summed E-state index contributed by atoms with van der Waals surface area (Å²) in [4.78, 5) is 38.1. The van der Waals surface area contributed by atoms with Crippen LogP contribution in [0.25, 0.3) is 0 Å². The molecule has 0 spiro atoms. The zero-order valence-corrected chi connectivity index (χ0v) is 15.5. The highest BCUT2D eigenvalue weighted by Crippen LogP contribution is 2.28. The molecule has 1 atom stereocenters. The second kappa shape index (κ2) is 8.52. The van der Waals surface area contributed by atoms with Gasteiger partial charge < -0.3 is 15.5 Å². The number of nitrogens with one attached hydrogen (secondary N) is 2. The van der Waals surface area contributed by atoms with Gasteiger partial charge in [0.25, 0.3) is 5.91 Å². The van der Waals surface area contributed by atoms with Gasteiger partial charge in [0.05, 0.1) is 22.9 Å². The number of amides is 3. The summed E-state index contributed by atoms with van der Waals surface area (Å²) in [5.41, 5.74) is -0.0749. The number of hydrogen-bond acceptors (Lipinski definition) is 3. The SMILES string of the molecule is O=C(NCC(F)(F)F)c1ccccc1NC(=O)C1CC(=O)N(c2ccccc2F)C1. The maximum Gasteiger partial charge on any atom is 0.405 e. The van der Waals surface area contributed by atoms with Gasteiger partial charge in [0.2, 0.25) is 11.8 Å². The van der Waals surface area contributed by atoms with Crippen molar-refractivity contribution in [1.82, 2.24) is 5.32 Å². The smallest absolute Gasteiger partial charge is 0.343 e. The van der Waals surface area contributed by atoms with Crippen LogP contribution >= 0.6 is 0 Å². The average molecular weight is 423 g/mol. The minimum absolute atomic E-state index is 0.0129. The van der Waals surface area contributed by atoms with Gasteiger partial charge in [0.15, 0.2) is 0 Å². The van der Waals surface area contributed by atoms with Crippen molar-refractivity contribution in [1.29, 1.82) is 0 Å². The molecule has 0 radical (unpaired) electrons. The molecule has 1 saturated heterocycles. The summed E-state index contributed by atoms with van der Waals surface area (Å²) in [6.07, 6.45) is -4.74. The molecule has 10 heteroatoms. The van der Waals surface area contributed by atoms with Crippen molar-refractivity contribution in [3.8, 4) is 0 Å². The monoisotopic (exact) mass is 423 g/mol. The Morgan fingerprint density at radius 2 is 1.73 bits per heavy atom. The van der Waals surface area contributed by atoms with Crippen molar-refractivity contribution in [3.05, 3.63) is 59.9 Å². The molecular formula is C20H17F4N3O3. The normalized spacial score (nSPS) is 16.5. The molecule has 1 unspecified atom stereocenters. The maximum atomic E-state index is 14.0. The van der Waals surface area contributed by atoms with Crippen LogP contribution in [0.2, 0.25) is 0 Å². The fourth-order valence-corrected chi connectivity index (χ4v) is 3.09. The Kier molecular flexibility index (Phi) is 6.04. The quantitative estimate of drug-likeness (QED) is 0.726. The first-order chi connectivity index (χ1) is 14.2. The first-order valence-corrected chi connectivity index (χ1v) is 8.95. The van der Waals surface area contributed by atoms with E-state index in [2.05, 4.69) is 5.32 Å². The van der Waals surface area contributed by atoms with Crippen LogP contribution in [0.4, 0.5) is 28.9 Å². The Morgan fingerprint density at radius 1 is 1.07 bits per heavy atom. The summed E-state index contributed by atoms with van der Waals surface area (Å²) in [6.45, 7) is -1.57. The highest BCUT2D eigenvalue weighted by molar-refractivity contribution is 6.07. The Labute approximate surface area is 168 Å². The summed E-state index contributed by atoms with van der Waals surface area (Å²) >= 11 is 0. The summed E-state index contributed by atoms with van der Waals surface area (Å²) in [5, 5.41) is 4.23. The molecule has 2 N–H and O–H groups in total. The van der Waals surface area contributed by atoms with Crippen LogP contribution < -0.4 is 15.5 Å². The molecule has 30 heavy (non-hydrogen) atoms. The van der Waals surface area contributed by atoms with Crippen molar-refractivity contribution in [2.75, 3.05) is 23.3 Å². The zero-order chi connectivity index (χ0) is 21.9. The zero-order valence-electron chi connectivity index (χ0n) is 15.5. The highest BCUT2D eigenvalue weighted by Gasteiger charge is 2.36. The largest absolute Gasteiger partial charge is 0.405 e. The van der Waals surface area contributed by atoms with E-state index in [0.717, 1.165) is 0 Å². The number of rotatable bonds is 5. The van der Waals surface area contributed by atoms with Crippen LogP contribution in [-0.2, 0) is 9.59 Å². The van der Waals surface area contributed by atoms with Gasteiger partial charge in [-0.2, -0.15) is 13.2 Å².